The van der Waals surface area contributed by atoms with E-state index in [-0.39, 0.29) is 18.3 Å². The number of carbonyl (C=O) groups excluding carboxylic acids is 1. The molecular weight excluding hydrogens is 294 g/mol. The van der Waals surface area contributed by atoms with Gasteiger partial charge in [0.15, 0.2) is 5.03 Å². The number of ether oxygens (including phenoxy) is 1. The molecule has 0 spiro atoms. The second-order valence-corrected chi connectivity index (χ2v) is 4.64. The zero-order valence-corrected chi connectivity index (χ0v) is 12.1. The van der Waals surface area contributed by atoms with Crippen LogP contribution < -0.4 is 5.32 Å². The molecule has 0 atom stereocenters. The summed E-state index contributed by atoms with van der Waals surface area (Å²) in [5.41, 5.74) is 0. The van der Waals surface area contributed by atoms with Crippen molar-refractivity contribution < 1.29 is 19.0 Å². The number of nitro groups is 1. The fourth-order valence-electron chi connectivity index (χ4n) is 2.05. The number of rotatable bonds is 6. The molecule has 1 aromatic rings. The number of nitrogens with zero attached hydrogens (tertiary/aromatic N) is 4. The van der Waals surface area contributed by atoms with Gasteiger partial charge in [-0.1, -0.05) is 0 Å². The smallest absolute Gasteiger partial charge is 0.306 e. The first-order valence-corrected chi connectivity index (χ1v) is 6.62. The summed E-state index contributed by atoms with van der Waals surface area (Å²) in [6, 6.07) is 3.52. The van der Waals surface area contributed by atoms with Crippen molar-refractivity contribution in [3.63, 3.8) is 0 Å². The quantitative estimate of drug-likeness (QED) is 0.444. The minimum Gasteiger partial charge on any atom is -0.469 e. The molecule has 22 heavy (non-hydrogen) atoms. The highest BCUT2D eigenvalue weighted by Crippen LogP contribution is 2.10. The average molecular weight is 311 g/mol. The molecule has 1 N–H and O–H groups in total. The monoisotopic (exact) mass is 311 g/mol. The molecule has 1 aliphatic rings. The van der Waals surface area contributed by atoms with Gasteiger partial charge in [0.25, 0.3) is 5.96 Å². The Hall–Kier alpha value is -2.62. The number of methoxy groups -OCH3 is 1. The van der Waals surface area contributed by atoms with Crippen LogP contribution in [0.4, 0.5) is 0 Å². The van der Waals surface area contributed by atoms with E-state index in [1.54, 1.807) is 17.0 Å². The molecule has 2 heterocycles. The van der Waals surface area contributed by atoms with Gasteiger partial charge in [-0.3, -0.25) is 9.69 Å². The van der Waals surface area contributed by atoms with Gasteiger partial charge >= 0.3 is 5.97 Å². The third-order valence-electron chi connectivity index (χ3n) is 3.09. The third-order valence-corrected chi connectivity index (χ3v) is 3.09. The molecular formula is C12H17N5O5. The molecule has 0 bridgehead atoms. The average Bonchev–Trinajstić information content (AvgIpc) is 2.99. The van der Waals surface area contributed by atoms with E-state index in [1.807, 2.05) is 4.90 Å². The predicted molar refractivity (Wildman–Crippen MR) is 74.9 cm³/mol. The lowest BCUT2D eigenvalue weighted by Crippen LogP contribution is -2.57. The summed E-state index contributed by atoms with van der Waals surface area (Å²) in [7, 11) is 1.34. The van der Waals surface area contributed by atoms with Gasteiger partial charge < -0.3 is 19.4 Å². The lowest BCUT2D eigenvalue weighted by molar-refractivity contribution is -0.486. The summed E-state index contributed by atoms with van der Waals surface area (Å²) in [5, 5.41) is 16.1. The molecule has 0 saturated carbocycles. The number of nitrogens with one attached hydrogen (secondary N) is 1. The van der Waals surface area contributed by atoms with Gasteiger partial charge in [0.2, 0.25) is 0 Å². The Labute approximate surface area is 126 Å². The zero-order valence-electron chi connectivity index (χ0n) is 12.1. The number of hydrogen-bond acceptors (Lipinski definition) is 6. The lowest BCUT2D eigenvalue weighted by atomic mass is 10.3. The highest BCUT2D eigenvalue weighted by Gasteiger charge is 2.25. The van der Waals surface area contributed by atoms with E-state index in [0.29, 0.717) is 32.2 Å². The zero-order chi connectivity index (χ0) is 15.9. The Morgan fingerprint density at radius 3 is 3.09 bits per heavy atom. The van der Waals surface area contributed by atoms with E-state index in [0.717, 1.165) is 0 Å². The number of carbonyl (C=O) groups is 1. The van der Waals surface area contributed by atoms with Crippen molar-refractivity contribution in [3.8, 4) is 0 Å². The molecule has 0 aromatic carbocycles. The van der Waals surface area contributed by atoms with E-state index in [2.05, 4.69) is 15.2 Å². The van der Waals surface area contributed by atoms with Crippen molar-refractivity contribution in [2.45, 2.75) is 13.0 Å². The maximum atomic E-state index is 11.2. The molecule has 0 aliphatic carbocycles. The van der Waals surface area contributed by atoms with Gasteiger partial charge in [0.05, 0.1) is 39.7 Å². The Morgan fingerprint density at radius 1 is 1.64 bits per heavy atom. The Kier molecular flexibility index (Phi) is 5.31. The summed E-state index contributed by atoms with van der Waals surface area (Å²) >= 11 is 0. The van der Waals surface area contributed by atoms with Crippen LogP contribution >= 0.6 is 0 Å². The van der Waals surface area contributed by atoms with Crippen LogP contribution in [0.2, 0.25) is 0 Å². The second kappa shape index (κ2) is 7.41. The Morgan fingerprint density at radius 2 is 2.45 bits per heavy atom. The Balaban J connectivity index is 2.01. The van der Waals surface area contributed by atoms with Crippen molar-refractivity contribution in [1.82, 2.24) is 15.1 Å². The first kappa shape index (κ1) is 15.8. The third kappa shape index (κ3) is 4.45. The SMILES string of the molecule is COC(=O)CCN1CN/C(=N\[N+](=O)[O-])N(Cc2ccco2)C1. The van der Waals surface area contributed by atoms with Gasteiger partial charge in [0.1, 0.15) is 10.9 Å². The van der Waals surface area contributed by atoms with Crippen molar-refractivity contribution in [2.75, 3.05) is 27.0 Å². The van der Waals surface area contributed by atoms with E-state index in [9.17, 15) is 14.9 Å². The van der Waals surface area contributed by atoms with Gasteiger partial charge in [-0.05, 0) is 12.1 Å². The highest BCUT2D eigenvalue weighted by molar-refractivity contribution is 5.79. The normalized spacial score (nSPS) is 17.3. The summed E-state index contributed by atoms with van der Waals surface area (Å²) < 4.78 is 9.85. The minimum absolute atomic E-state index is 0.163. The minimum atomic E-state index is -0.748. The molecule has 2 rings (SSSR count). The molecule has 1 saturated heterocycles. The van der Waals surface area contributed by atoms with Crippen molar-refractivity contribution >= 4 is 11.9 Å². The van der Waals surface area contributed by atoms with Crippen LogP contribution in [0, 0.1) is 10.1 Å². The maximum Gasteiger partial charge on any atom is 0.306 e. The van der Waals surface area contributed by atoms with Crippen LogP contribution in [-0.4, -0.2) is 53.8 Å². The fraction of sp³-hybridized carbons (Fsp3) is 0.500. The molecule has 10 heteroatoms. The summed E-state index contributed by atoms with van der Waals surface area (Å²) in [6.07, 6.45) is 1.78. The number of furan rings is 1. The summed E-state index contributed by atoms with van der Waals surface area (Å²) in [5.74, 6) is 0.519. The van der Waals surface area contributed by atoms with Gasteiger partial charge in [-0.2, -0.15) is 0 Å². The molecule has 0 amide bonds. The predicted octanol–water partition coefficient (Wildman–Crippen LogP) is 0.0126. The molecule has 10 nitrogen and oxygen atoms in total. The Bertz CT molecular complexity index is 544. The molecule has 1 aliphatic heterocycles. The second-order valence-electron chi connectivity index (χ2n) is 4.64. The first-order chi connectivity index (χ1) is 10.6. The number of hydrazone groups is 1. The van der Waals surface area contributed by atoms with Crippen LogP contribution in [0.1, 0.15) is 12.2 Å². The molecule has 120 valence electrons. The van der Waals surface area contributed by atoms with E-state index in [4.69, 9.17) is 4.42 Å². The molecule has 1 fully saturated rings. The molecule has 1 aromatic heterocycles. The topological polar surface area (TPSA) is 113 Å². The first-order valence-electron chi connectivity index (χ1n) is 6.62. The van der Waals surface area contributed by atoms with Crippen LogP contribution in [0.3, 0.4) is 0 Å². The van der Waals surface area contributed by atoms with Crippen molar-refractivity contribution in [1.29, 1.82) is 0 Å². The lowest BCUT2D eigenvalue weighted by Gasteiger charge is -2.36. The summed E-state index contributed by atoms with van der Waals surface area (Å²) in [4.78, 5) is 25.4. The van der Waals surface area contributed by atoms with Crippen LogP contribution in [0.5, 0.6) is 0 Å². The van der Waals surface area contributed by atoms with Crippen LogP contribution in [-0.2, 0) is 16.1 Å². The van der Waals surface area contributed by atoms with Crippen LogP contribution in [0.15, 0.2) is 27.9 Å². The van der Waals surface area contributed by atoms with Crippen molar-refractivity contribution in [2.24, 2.45) is 5.10 Å². The van der Waals surface area contributed by atoms with Crippen molar-refractivity contribution in [3.05, 3.63) is 34.3 Å². The molecule has 0 radical (unpaired) electrons. The fourth-order valence-corrected chi connectivity index (χ4v) is 2.05. The number of guanidine groups is 1. The van der Waals surface area contributed by atoms with E-state index < -0.39 is 5.03 Å². The van der Waals surface area contributed by atoms with E-state index >= 15 is 0 Å². The number of hydrogen-bond donors (Lipinski definition) is 1. The summed E-state index contributed by atoms with van der Waals surface area (Å²) in [6.45, 7) is 1.55. The molecule has 0 unspecified atom stereocenters. The van der Waals surface area contributed by atoms with Gasteiger partial charge in [-0.15, -0.1) is 0 Å². The van der Waals surface area contributed by atoms with Crippen LogP contribution in [0.25, 0.3) is 0 Å². The van der Waals surface area contributed by atoms with Gasteiger partial charge in [0, 0.05) is 6.54 Å². The number of esters is 1. The van der Waals surface area contributed by atoms with Gasteiger partial charge in [-0.25, -0.2) is 10.1 Å². The highest BCUT2D eigenvalue weighted by atomic mass is 16.7. The maximum absolute atomic E-state index is 11.2. The van der Waals surface area contributed by atoms with E-state index in [1.165, 1.54) is 13.4 Å². The standard InChI is InChI=1S/C12H17N5O5/c1-21-11(18)4-5-15-8-13-12(14-17(19)20)16(9-15)7-10-3-2-6-22-10/h2-3,6H,4-5,7-9H2,1H3,(H,13,14). The largest absolute Gasteiger partial charge is 0.469 e.